The molecule has 2 rings (SSSR count). The van der Waals surface area contributed by atoms with Crippen molar-refractivity contribution in [1.29, 1.82) is 0 Å². The first-order chi connectivity index (χ1) is 9.72. The molecule has 0 spiro atoms. The SMILES string of the molecule is CC(CN(C1CCCCC1)C1CCCCC1)/C(N)=N/O. The Bertz CT molecular complexity index is 289. The zero-order valence-electron chi connectivity index (χ0n) is 12.9. The first-order valence-electron chi connectivity index (χ1n) is 8.45. The molecule has 1 atom stereocenters. The Hall–Kier alpha value is -0.770. The number of amidine groups is 1. The van der Waals surface area contributed by atoms with Gasteiger partial charge in [0, 0.05) is 24.5 Å². The molecule has 0 radical (unpaired) electrons. The summed E-state index contributed by atoms with van der Waals surface area (Å²) in [6.07, 6.45) is 13.6. The number of oxime groups is 1. The van der Waals surface area contributed by atoms with E-state index in [2.05, 4.69) is 17.0 Å². The predicted octanol–water partition coefficient (Wildman–Crippen LogP) is 3.34. The molecule has 20 heavy (non-hydrogen) atoms. The van der Waals surface area contributed by atoms with Gasteiger partial charge < -0.3 is 10.9 Å². The van der Waals surface area contributed by atoms with E-state index in [4.69, 9.17) is 10.9 Å². The normalized spacial score (nSPS) is 25.0. The van der Waals surface area contributed by atoms with Crippen LogP contribution in [0, 0.1) is 5.92 Å². The molecule has 116 valence electrons. The van der Waals surface area contributed by atoms with E-state index in [-0.39, 0.29) is 5.92 Å². The molecular formula is C16H31N3O. The Morgan fingerprint density at radius 2 is 1.50 bits per heavy atom. The molecule has 0 heterocycles. The smallest absolute Gasteiger partial charge is 0.143 e. The van der Waals surface area contributed by atoms with Crippen LogP contribution < -0.4 is 5.73 Å². The Labute approximate surface area is 123 Å². The lowest BCUT2D eigenvalue weighted by molar-refractivity contribution is 0.0739. The standard InChI is InChI=1S/C16H31N3O/c1-13(16(17)18-20)12-19(14-8-4-2-5-9-14)15-10-6-3-7-11-15/h13-15,20H,2-12H2,1H3,(H2,17,18). The monoisotopic (exact) mass is 281 g/mol. The van der Waals surface area contributed by atoms with Gasteiger partial charge in [0.2, 0.25) is 0 Å². The molecule has 1 unspecified atom stereocenters. The molecule has 0 aromatic carbocycles. The van der Waals surface area contributed by atoms with Gasteiger partial charge in [0.05, 0.1) is 0 Å². The molecule has 2 aliphatic rings. The van der Waals surface area contributed by atoms with Gasteiger partial charge in [-0.25, -0.2) is 0 Å². The molecule has 2 fully saturated rings. The topological polar surface area (TPSA) is 61.8 Å². The lowest BCUT2D eigenvalue weighted by Crippen LogP contribution is -2.48. The Morgan fingerprint density at radius 3 is 1.90 bits per heavy atom. The highest BCUT2D eigenvalue weighted by Crippen LogP contribution is 2.30. The maximum absolute atomic E-state index is 8.88. The highest BCUT2D eigenvalue weighted by molar-refractivity contribution is 5.82. The van der Waals surface area contributed by atoms with E-state index in [1.54, 1.807) is 0 Å². The Balaban J connectivity index is 2.01. The highest BCUT2D eigenvalue weighted by atomic mass is 16.4. The second-order valence-electron chi connectivity index (χ2n) is 6.71. The van der Waals surface area contributed by atoms with Crippen molar-refractivity contribution in [2.45, 2.75) is 83.2 Å². The van der Waals surface area contributed by atoms with Crippen LogP contribution in [0.5, 0.6) is 0 Å². The summed E-state index contributed by atoms with van der Waals surface area (Å²) in [6.45, 7) is 3.03. The van der Waals surface area contributed by atoms with Crippen molar-refractivity contribution >= 4 is 5.84 Å². The van der Waals surface area contributed by atoms with Crippen molar-refractivity contribution in [2.24, 2.45) is 16.8 Å². The fourth-order valence-corrected chi connectivity index (χ4v) is 3.93. The number of hydrogen-bond donors (Lipinski definition) is 2. The molecule has 2 saturated carbocycles. The van der Waals surface area contributed by atoms with Gasteiger partial charge in [0.1, 0.15) is 5.84 Å². The van der Waals surface area contributed by atoms with Crippen LogP contribution in [0.2, 0.25) is 0 Å². The quantitative estimate of drug-likeness (QED) is 0.352. The van der Waals surface area contributed by atoms with Crippen molar-refractivity contribution in [3.8, 4) is 0 Å². The third kappa shape index (κ3) is 4.11. The van der Waals surface area contributed by atoms with Crippen molar-refractivity contribution in [1.82, 2.24) is 4.90 Å². The number of nitrogens with zero attached hydrogens (tertiary/aromatic N) is 2. The summed E-state index contributed by atoms with van der Waals surface area (Å²) in [7, 11) is 0. The minimum Gasteiger partial charge on any atom is -0.409 e. The summed E-state index contributed by atoms with van der Waals surface area (Å²) in [5.41, 5.74) is 5.80. The Kier molecular flexibility index (Phi) is 6.14. The van der Waals surface area contributed by atoms with Crippen LogP contribution in [0.15, 0.2) is 5.16 Å². The van der Waals surface area contributed by atoms with E-state index in [1.165, 1.54) is 64.2 Å². The first kappa shape index (κ1) is 15.6. The summed E-state index contributed by atoms with van der Waals surface area (Å²) in [5, 5.41) is 12.1. The zero-order chi connectivity index (χ0) is 14.4. The zero-order valence-corrected chi connectivity index (χ0v) is 12.9. The predicted molar refractivity (Wildman–Crippen MR) is 83.0 cm³/mol. The van der Waals surface area contributed by atoms with Crippen LogP contribution in [0.25, 0.3) is 0 Å². The fourth-order valence-electron chi connectivity index (χ4n) is 3.93. The van der Waals surface area contributed by atoms with E-state index in [0.29, 0.717) is 5.84 Å². The summed E-state index contributed by atoms with van der Waals surface area (Å²) >= 11 is 0. The van der Waals surface area contributed by atoms with E-state index >= 15 is 0 Å². The molecule has 2 aliphatic carbocycles. The largest absolute Gasteiger partial charge is 0.409 e. The molecule has 0 aromatic heterocycles. The van der Waals surface area contributed by atoms with Gasteiger partial charge in [0.15, 0.2) is 0 Å². The van der Waals surface area contributed by atoms with Crippen molar-refractivity contribution in [2.75, 3.05) is 6.54 Å². The van der Waals surface area contributed by atoms with E-state index < -0.39 is 0 Å². The van der Waals surface area contributed by atoms with E-state index in [0.717, 1.165) is 18.6 Å². The molecule has 0 aliphatic heterocycles. The number of rotatable bonds is 5. The third-order valence-electron chi connectivity index (χ3n) is 5.19. The summed E-state index contributed by atoms with van der Waals surface area (Å²) in [6, 6.07) is 1.45. The molecule has 4 heteroatoms. The van der Waals surface area contributed by atoms with Crippen molar-refractivity contribution in [3.63, 3.8) is 0 Å². The lowest BCUT2D eigenvalue weighted by Gasteiger charge is -2.42. The molecule has 0 bridgehead atoms. The second-order valence-corrected chi connectivity index (χ2v) is 6.71. The molecular weight excluding hydrogens is 250 g/mol. The molecule has 4 nitrogen and oxygen atoms in total. The van der Waals surface area contributed by atoms with Crippen LogP contribution in [0.3, 0.4) is 0 Å². The lowest BCUT2D eigenvalue weighted by atomic mass is 9.88. The minimum absolute atomic E-state index is 0.142. The first-order valence-corrected chi connectivity index (χ1v) is 8.45. The van der Waals surface area contributed by atoms with Gasteiger partial charge in [-0.2, -0.15) is 0 Å². The van der Waals surface area contributed by atoms with Crippen LogP contribution in [0.1, 0.15) is 71.1 Å². The minimum atomic E-state index is 0.142. The van der Waals surface area contributed by atoms with Crippen molar-refractivity contribution < 1.29 is 5.21 Å². The van der Waals surface area contributed by atoms with Crippen LogP contribution in [0.4, 0.5) is 0 Å². The van der Waals surface area contributed by atoms with Gasteiger partial charge in [-0.15, -0.1) is 0 Å². The number of nitrogens with two attached hydrogens (primary N) is 1. The van der Waals surface area contributed by atoms with Gasteiger partial charge in [-0.3, -0.25) is 4.90 Å². The Morgan fingerprint density at radius 1 is 1.05 bits per heavy atom. The summed E-state index contributed by atoms with van der Waals surface area (Å²) < 4.78 is 0. The molecule has 0 saturated heterocycles. The fraction of sp³-hybridized carbons (Fsp3) is 0.938. The number of hydrogen-bond acceptors (Lipinski definition) is 3. The molecule has 0 aromatic rings. The third-order valence-corrected chi connectivity index (χ3v) is 5.19. The van der Waals surface area contributed by atoms with Crippen LogP contribution in [-0.4, -0.2) is 34.6 Å². The molecule has 3 N–H and O–H groups in total. The van der Waals surface area contributed by atoms with Crippen LogP contribution >= 0.6 is 0 Å². The highest BCUT2D eigenvalue weighted by Gasteiger charge is 2.30. The molecule has 0 amide bonds. The maximum atomic E-state index is 8.88. The van der Waals surface area contributed by atoms with Crippen LogP contribution in [-0.2, 0) is 0 Å². The van der Waals surface area contributed by atoms with Gasteiger partial charge in [0.25, 0.3) is 0 Å². The summed E-state index contributed by atoms with van der Waals surface area (Å²) in [4.78, 5) is 2.71. The van der Waals surface area contributed by atoms with E-state index in [9.17, 15) is 0 Å². The van der Waals surface area contributed by atoms with E-state index in [1.807, 2.05) is 0 Å². The van der Waals surface area contributed by atoms with Gasteiger partial charge in [-0.05, 0) is 25.7 Å². The van der Waals surface area contributed by atoms with Crippen molar-refractivity contribution in [3.05, 3.63) is 0 Å². The maximum Gasteiger partial charge on any atom is 0.143 e. The summed E-state index contributed by atoms with van der Waals surface area (Å²) in [5.74, 6) is 0.519. The average molecular weight is 281 g/mol. The second kappa shape index (κ2) is 7.87. The van der Waals surface area contributed by atoms with Gasteiger partial charge in [-0.1, -0.05) is 50.6 Å². The van der Waals surface area contributed by atoms with Gasteiger partial charge >= 0.3 is 0 Å². The average Bonchev–Trinajstić information content (AvgIpc) is 2.53.